The average molecular weight is 233 g/mol. The molecule has 0 amide bonds. The first kappa shape index (κ1) is 12.4. The number of nitrogens with zero attached hydrogens (tertiary/aromatic N) is 2. The molecule has 1 aliphatic heterocycles. The molecule has 0 aromatic carbocycles. The van der Waals surface area contributed by atoms with E-state index in [1.807, 2.05) is 6.20 Å². The van der Waals surface area contributed by atoms with Crippen LogP contribution in [0.5, 0.6) is 0 Å². The molecule has 1 unspecified atom stereocenters. The Kier molecular flexibility index (Phi) is 3.38. The van der Waals surface area contributed by atoms with Crippen molar-refractivity contribution in [2.45, 2.75) is 51.6 Å². The highest BCUT2D eigenvalue weighted by Crippen LogP contribution is 2.33. The van der Waals surface area contributed by atoms with Crippen molar-refractivity contribution in [2.24, 2.45) is 5.73 Å². The maximum atomic E-state index is 5.97. The number of hydrogen-bond donors (Lipinski definition) is 1. The van der Waals surface area contributed by atoms with Gasteiger partial charge < -0.3 is 10.6 Å². The third kappa shape index (κ3) is 2.44. The molecule has 1 saturated heterocycles. The fourth-order valence-corrected chi connectivity index (χ4v) is 2.57. The Bertz CT molecular complexity index is 370. The first-order valence-corrected chi connectivity index (χ1v) is 6.54. The molecule has 3 nitrogen and oxygen atoms in total. The average Bonchev–Trinajstić information content (AvgIpc) is 2.68. The van der Waals surface area contributed by atoms with E-state index >= 15 is 0 Å². The maximum Gasteiger partial charge on any atom is 0.0572 e. The summed E-state index contributed by atoms with van der Waals surface area (Å²) in [6.07, 6.45) is 5.42. The molecule has 3 heteroatoms. The predicted octanol–water partition coefficient (Wildman–Crippen LogP) is 2.87. The highest BCUT2D eigenvalue weighted by Gasteiger charge is 2.31. The topological polar surface area (TPSA) is 42.1 Å². The minimum atomic E-state index is 0.0654. The molecule has 1 aromatic rings. The molecule has 0 radical (unpaired) electrons. The second-order valence-electron chi connectivity index (χ2n) is 5.52. The Balaban J connectivity index is 2.18. The lowest BCUT2D eigenvalue weighted by molar-refractivity contribution is 0.517. The van der Waals surface area contributed by atoms with Crippen molar-refractivity contribution < 1.29 is 0 Å². The normalized spacial score (nSPS) is 20.6. The molecule has 94 valence electrons. The van der Waals surface area contributed by atoms with Crippen molar-refractivity contribution >= 4 is 5.69 Å². The second kappa shape index (κ2) is 4.65. The molecule has 1 aliphatic rings. The van der Waals surface area contributed by atoms with Crippen molar-refractivity contribution in [3.8, 4) is 0 Å². The minimum Gasteiger partial charge on any atom is -0.365 e. The molecule has 2 rings (SSSR count). The van der Waals surface area contributed by atoms with Gasteiger partial charge in [-0.1, -0.05) is 6.92 Å². The van der Waals surface area contributed by atoms with E-state index in [1.54, 1.807) is 0 Å². The van der Waals surface area contributed by atoms with Gasteiger partial charge in [-0.05, 0) is 45.2 Å². The van der Waals surface area contributed by atoms with Crippen LogP contribution in [-0.4, -0.2) is 17.1 Å². The van der Waals surface area contributed by atoms with E-state index in [0.29, 0.717) is 0 Å². The number of rotatable bonds is 3. The number of pyridine rings is 1. The summed E-state index contributed by atoms with van der Waals surface area (Å²) in [5.74, 6) is 0. The SMILES string of the molecule is CCC(N)c1ccc(N2CCCC2(C)C)cn1. The Morgan fingerprint density at radius 2 is 2.24 bits per heavy atom. The van der Waals surface area contributed by atoms with Gasteiger partial charge in [-0.3, -0.25) is 4.98 Å². The van der Waals surface area contributed by atoms with Gasteiger partial charge in [-0.2, -0.15) is 0 Å². The van der Waals surface area contributed by atoms with Crippen molar-refractivity contribution in [1.82, 2.24) is 4.98 Å². The van der Waals surface area contributed by atoms with E-state index in [4.69, 9.17) is 5.73 Å². The second-order valence-corrected chi connectivity index (χ2v) is 5.52. The van der Waals surface area contributed by atoms with Gasteiger partial charge >= 0.3 is 0 Å². The summed E-state index contributed by atoms with van der Waals surface area (Å²) in [7, 11) is 0. The van der Waals surface area contributed by atoms with E-state index in [2.05, 4.69) is 42.8 Å². The monoisotopic (exact) mass is 233 g/mol. The lowest BCUT2D eigenvalue weighted by atomic mass is 10.0. The smallest absolute Gasteiger partial charge is 0.0572 e. The highest BCUT2D eigenvalue weighted by atomic mass is 15.2. The molecular formula is C14H23N3. The summed E-state index contributed by atoms with van der Waals surface area (Å²) in [6, 6.07) is 4.29. The zero-order valence-electron chi connectivity index (χ0n) is 11.1. The molecule has 0 aliphatic carbocycles. The molecule has 1 fully saturated rings. The summed E-state index contributed by atoms with van der Waals surface area (Å²) in [5, 5.41) is 0. The first-order chi connectivity index (χ1) is 8.04. The standard InChI is InChI=1S/C14H23N3/c1-4-12(15)13-7-6-11(10-16-13)17-9-5-8-14(17,2)3/h6-7,10,12H,4-5,8-9,15H2,1-3H3. The summed E-state index contributed by atoms with van der Waals surface area (Å²) >= 11 is 0. The number of anilines is 1. The van der Waals surface area contributed by atoms with Crippen molar-refractivity contribution in [1.29, 1.82) is 0 Å². The molecule has 0 bridgehead atoms. The molecule has 1 aromatic heterocycles. The van der Waals surface area contributed by atoms with E-state index in [1.165, 1.54) is 18.5 Å². The lowest BCUT2D eigenvalue weighted by Gasteiger charge is -2.33. The summed E-state index contributed by atoms with van der Waals surface area (Å²) in [6.45, 7) is 7.81. The highest BCUT2D eigenvalue weighted by molar-refractivity contribution is 5.48. The van der Waals surface area contributed by atoms with E-state index in [9.17, 15) is 0 Å². The predicted molar refractivity (Wildman–Crippen MR) is 72.1 cm³/mol. The molecule has 1 atom stereocenters. The Hall–Kier alpha value is -1.09. The van der Waals surface area contributed by atoms with Crippen LogP contribution in [0.25, 0.3) is 0 Å². The summed E-state index contributed by atoms with van der Waals surface area (Å²) in [4.78, 5) is 6.94. The van der Waals surface area contributed by atoms with E-state index in [0.717, 1.165) is 18.7 Å². The minimum absolute atomic E-state index is 0.0654. The van der Waals surface area contributed by atoms with Crippen LogP contribution in [0, 0.1) is 0 Å². The van der Waals surface area contributed by atoms with Crippen LogP contribution < -0.4 is 10.6 Å². The van der Waals surface area contributed by atoms with Gasteiger partial charge in [-0.25, -0.2) is 0 Å². The number of hydrogen-bond acceptors (Lipinski definition) is 3. The Morgan fingerprint density at radius 3 is 2.71 bits per heavy atom. The van der Waals surface area contributed by atoms with Gasteiger partial charge in [0, 0.05) is 18.1 Å². The molecule has 17 heavy (non-hydrogen) atoms. The zero-order valence-corrected chi connectivity index (χ0v) is 11.1. The van der Waals surface area contributed by atoms with Crippen LogP contribution in [0.2, 0.25) is 0 Å². The fraction of sp³-hybridized carbons (Fsp3) is 0.643. The first-order valence-electron chi connectivity index (χ1n) is 6.54. The van der Waals surface area contributed by atoms with Crippen LogP contribution in [0.1, 0.15) is 51.8 Å². The maximum absolute atomic E-state index is 5.97. The fourth-order valence-electron chi connectivity index (χ4n) is 2.57. The van der Waals surface area contributed by atoms with Crippen LogP contribution in [-0.2, 0) is 0 Å². The number of aromatic nitrogens is 1. The van der Waals surface area contributed by atoms with Crippen molar-refractivity contribution in [2.75, 3.05) is 11.4 Å². The number of nitrogens with two attached hydrogens (primary N) is 1. The van der Waals surface area contributed by atoms with Gasteiger partial charge in [0.1, 0.15) is 0 Å². The molecular weight excluding hydrogens is 210 g/mol. The van der Waals surface area contributed by atoms with Crippen molar-refractivity contribution in [3.05, 3.63) is 24.0 Å². The summed E-state index contributed by atoms with van der Waals surface area (Å²) in [5.41, 5.74) is 8.45. The quantitative estimate of drug-likeness (QED) is 0.873. The Labute approximate surface area is 104 Å². The molecule has 2 heterocycles. The van der Waals surface area contributed by atoms with E-state index in [-0.39, 0.29) is 11.6 Å². The van der Waals surface area contributed by atoms with Crippen molar-refractivity contribution in [3.63, 3.8) is 0 Å². The zero-order chi connectivity index (χ0) is 12.5. The van der Waals surface area contributed by atoms with Gasteiger partial charge in [0.25, 0.3) is 0 Å². The van der Waals surface area contributed by atoms with Crippen LogP contribution in [0.4, 0.5) is 5.69 Å². The molecule has 0 spiro atoms. The van der Waals surface area contributed by atoms with Gasteiger partial charge in [-0.15, -0.1) is 0 Å². The molecule has 0 saturated carbocycles. The van der Waals surface area contributed by atoms with E-state index < -0.39 is 0 Å². The molecule has 2 N–H and O–H groups in total. The third-order valence-corrected chi connectivity index (χ3v) is 3.80. The lowest BCUT2D eigenvalue weighted by Crippen LogP contribution is -2.38. The van der Waals surface area contributed by atoms with Crippen LogP contribution >= 0.6 is 0 Å². The third-order valence-electron chi connectivity index (χ3n) is 3.80. The van der Waals surface area contributed by atoms with Crippen LogP contribution in [0.15, 0.2) is 18.3 Å². The van der Waals surface area contributed by atoms with Gasteiger partial charge in [0.2, 0.25) is 0 Å². The van der Waals surface area contributed by atoms with Crippen LogP contribution in [0.3, 0.4) is 0 Å². The van der Waals surface area contributed by atoms with Gasteiger partial charge in [0.15, 0.2) is 0 Å². The Morgan fingerprint density at radius 1 is 1.47 bits per heavy atom. The van der Waals surface area contributed by atoms with Gasteiger partial charge in [0.05, 0.1) is 17.6 Å². The largest absolute Gasteiger partial charge is 0.365 e. The summed E-state index contributed by atoms with van der Waals surface area (Å²) < 4.78 is 0.